The summed E-state index contributed by atoms with van der Waals surface area (Å²) in [5, 5.41) is 0. The molecule has 4 aromatic rings. The van der Waals surface area contributed by atoms with E-state index in [1.165, 1.54) is 89.2 Å². The van der Waals surface area contributed by atoms with Crippen molar-refractivity contribution in [3.05, 3.63) is 157 Å². The molecule has 2 aliphatic carbocycles. The van der Waals surface area contributed by atoms with Crippen LogP contribution in [0.4, 0.5) is 0 Å². The molecule has 0 atom stereocenters. The molecule has 211 valence electrons. The third kappa shape index (κ3) is 5.86. The first-order valence-corrected chi connectivity index (χ1v) is 15.6. The third-order valence-corrected chi connectivity index (χ3v) is 9.82. The molecular formula is C39H37Cl2Zr. The van der Waals surface area contributed by atoms with Crippen LogP contribution < -0.4 is 24.8 Å². The van der Waals surface area contributed by atoms with Crippen LogP contribution in [-0.4, -0.2) is 0 Å². The minimum Gasteiger partial charge on any atom is -1.00 e. The molecule has 0 fully saturated rings. The van der Waals surface area contributed by atoms with Gasteiger partial charge in [0.05, 0.1) is 0 Å². The zero-order chi connectivity index (χ0) is 28.2. The van der Waals surface area contributed by atoms with E-state index in [1.54, 1.807) is 0 Å². The SMILES string of the molecule is CC(C)(C)c1ccc2c(c1)-c1cc(C(C)(C)C)ccc1C2C1=[C]([Zr+2])C(=C(c2ccccc2)c2ccccc2)C=C1.[Cl-].[Cl-]. The zero-order valence-electron chi connectivity index (χ0n) is 25.2. The van der Waals surface area contributed by atoms with Crippen molar-refractivity contribution in [1.82, 2.24) is 0 Å². The van der Waals surface area contributed by atoms with Crippen LogP contribution >= 0.6 is 0 Å². The average Bonchev–Trinajstić information content (AvgIpc) is 3.45. The van der Waals surface area contributed by atoms with Crippen LogP contribution in [0.3, 0.4) is 0 Å². The summed E-state index contributed by atoms with van der Waals surface area (Å²) in [7, 11) is 0. The maximum Gasteiger partial charge on any atom is -1.00 e. The van der Waals surface area contributed by atoms with E-state index < -0.39 is 0 Å². The van der Waals surface area contributed by atoms with Gasteiger partial charge in [-0.15, -0.1) is 0 Å². The largest absolute Gasteiger partial charge is 1.00 e. The summed E-state index contributed by atoms with van der Waals surface area (Å²) in [6.45, 7) is 13.9. The van der Waals surface area contributed by atoms with Gasteiger partial charge in [0.2, 0.25) is 0 Å². The molecule has 0 saturated heterocycles. The van der Waals surface area contributed by atoms with Gasteiger partial charge in [-0.05, 0) is 0 Å². The summed E-state index contributed by atoms with van der Waals surface area (Å²) in [4.78, 5) is 0. The molecule has 0 amide bonds. The Balaban J connectivity index is 0.00000202. The second-order valence-corrected chi connectivity index (χ2v) is 14.5. The maximum atomic E-state index is 2.47. The van der Waals surface area contributed by atoms with Crippen LogP contribution in [0.5, 0.6) is 0 Å². The normalized spacial score (nSPS) is 14.3. The number of hydrogen-bond donors (Lipinski definition) is 0. The standard InChI is InChI=1S/C39H37.2ClH.Zr/c1-38(2,3)30-19-21-32-34(24-30)35-25-31(39(4,5)6)20-22-33(35)37(32)29-18-17-28(23-29)36(26-13-9-7-10-14-26)27-15-11-8-12-16-27;;;/h7-22,24-25,37H,1-6H3;2*1H;/q;;;+2/p-2. The Bertz CT molecular complexity index is 1590. The van der Waals surface area contributed by atoms with Gasteiger partial charge in [0, 0.05) is 0 Å². The molecule has 0 spiro atoms. The quantitative estimate of drug-likeness (QED) is 0.307. The second kappa shape index (κ2) is 12.3. The number of benzene rings is 4. The van der Waals surface area contributed by atoms with Crippen LogP contribution in [0.1, 0.15) is 80.8 Å². The van der Waals surface area contributed by atoms with Gasteiger partial charge in [-0.3, -0.25) is 0 Å². The van der Waals surface area contributed by atoms with Gasteiger partial charge in [-0.2, -0.15) is 0 Å². The predicted molar refractivity (Wildman–Crippen MR) is 166 cm³/mol. The van der Waals surface area contributed by atoms with Crippen LogP contribution in [-0.2, 0) is 35.5 Å². The molecule has 4 aromatic carbocycles. The molecule has 0 N–H and O–H groups in total. The topological polar surface area (TPSA) is 0 Å². The molecule has 0 nitrogen and oxygen atoms in total. The van der Waals surface area contributed by atoms with Crippen molar-refractivity contribution < 1.29 is 49.5 Å². The number of allylic oxidation sites excluding steroid dienone is 5. The molecule has 0 aliphatic heterocycles. The van der Waals surface area contributed by atoms with Gasteiger partial charge in [0.15, 0.2) is 0 Å². The Kier molecular flexibility index (Phi) is 9.50. The fourth-order valence-corrected chi connectivity index (χ4v) is 7.22. The summed E-state index contributed by atoms with van der Waals surface area (Å²) in [5.74, 6) is 0.254. The predicted octanol–water partition coefficient (Wildman–Crippen LogP) is 4.27. The van der Waals surface area contributed by atoms with E-state index in [2.05, 4.69) is 151 Å². The Morgan fingerprint density at radius 2 is 1.00 bits per heavy atom. The van der Waals surface area contributed by atoms with E-state index in [4.69, 9.17) is 0 Å². The Morgan fingerprint density at radius 1 is 0.571 bits per heavy atom. The van der Waals surface area contributed by atoms with Crippen molar-refractivity contribution in [2.45, 2.75) is 58.3 Å². The summed E-state index contributed by atoms with van der Waals surface area (Å²) >= 11 is 1.45. The minimum atomic E-state index is 0. The average molecular weight is 668 g/mol. The maximum absolute atomic E-state index is 2.47. The van der Waals surface area contributed by atoms with E-state index in [0.717, 1.165) is 0 Å². The van der Waals surface area contributed by atoms with E-state index in [-0.39, 0.29) is 41.6 Å². The number of rotatable bonds is 3. The van der Waals surface area contributed by atoms with Crippen LogP contribution in [0.2, 0.25) is 0 Å². The monoisotopic (exact) mass is 665 g/mol. The van der Waals surface area contributed by atoms with E-state index in [9.17, 15) is 0 Å². The van der Waals surface area contributed by atoms with Crippen molar-refractivity contribution >= 4 is 5.57 Å². The summed E-state index contributed by atoms with van der Waals surface area (Å²) < 4.78 is 1.46. The number of fused-ring (bicyclic) bond motifs is 3. The van der Waals surface area contributed by atoms with E-state index >= 15 is 0 Å². The number of hydrogen-bond acceptors (Lipinski definition) is 0. The van der Waals surface area contributed by atoms with Gasteiger partial charge < -0.3 is 24.8 Å². The molecule has 42 heavy (non-hydrogen) atoms. The fraction of sp³-hybridized carbons (Fsp3) is 0.231. The summed E-state index contributed by atoms with van der Waals surface area (Å²) in [6, 6.07) is 36.3. The van der Waals surface area contributed by atoms with Crippen LogP contribution in [0, 0.1) is 0 Å². The molecule has 0 unspecified atom stereocenters. The van der Waals surface area contributed by atoms with E-state index in [1.807, 2.05) is 0 Å². The van der Waals surface area contributed by atoms with E-state index in [0.29, 0.717) is 0 Å². The molecule has 0 heterocycles. The molecule has 3 heteroatoms. The smallest absolute Gasteiger partial charge is 1.00 e. The minimum absolute atomic E-state index is 0. The molecule has 0 aromatic heterocycles. The molecule has 0 radical (unpaired) electrons. The van der Waals surface area contributed by atoms with Gasteiger partial charge in [-0.1, -0.05) is 0 Å². The Morgan fingerprint density at radius 3 is 1.40 bits per heavy atom. The van der Waals surface area contributed by atoms with Crippen molar-refractivity contribution in [1.29, 1.82) is 0 Å². The molecular weight excluding hydrogens is 631 g/mol. The fourth-order valence-electron chi connectivity index (χ4n) is 6.15. The Hall–Kier alpha value is -2.44. The Labute approximate surface area is 279 Å². The summed E-state index contributed by atoms with van der Waals surface area (Å²) in [5.41, 5.74) is 15.4. The van der Waals surface area contributed by atoms with Gasteiger partial charge in [-0.25, -0.2) is 0 Å². The molecule has 0 bridgehead atoms. The molecule has 0 saturated carbocycles. The van der Waals surface area contributed by atoms with Gasteiger partial charge in [0.25, 0.3) is 0 Å². The van der Waals surface area contributed by atoms with Gasteiger partial charge >= 0.3 is 257 Å². The molecule has 6 rings (SSSR count). The first kappa shape index (κ1) is 32.5. The van der Waals surface area contributed by atoms with Gasteiger partial charge in [0.1, 0.15) is 0 Å². The van der Waals surface area contributed by atoms with Crippen molar-refractivity contribution in [2.24, 2.45) is 0 Å². The van der Waals surface area contributed by atoms with Crippen LogP contribution in [0.25, 0.3) is 16.7 Å². The second-order valence-electron chi connectivity index (χ2n) is 13.2. The van der Waals surface area contributed by atoms with Crippen molar-refractivity contribution in [3.63, 3.8) is 0 Å². The first-order valence-electron chi connectivity index (χ1n) is 14.3. The first-order chi connectivity index (χ1) is 19.0. The van der Waals surface area contributed by atoms with Crippen molar-refractivity contribution in [2.75, 3.05) is 0 Å². The van der Waals surface area contributed by atoms with Crippen molar-refractivity contribution in [3.8, 4) is 11.1 Å². The molecule has 2 aliphatic rings. The summed E-state index contributed by atoms with van der Waals surface area (Å²) in [6.07, 6.45) is 4.78. The number of halogens is 2. The zero-order valence-corrected chi connectivity index (χ0v) is 29.2. The van der Waals surface area contributed by atoms with Crippen LogP contribution in [0.15, 0.2) is 124 Å². The third-order valence-electron chi connectivity index (χ3n) is 8.44.